The second-order valence-corrected chi connectivity index (χ2v) is 6.16. The monoisotopic (exact) mass is 314 g/mol. The van der Waals surface area contributed by atoms with Crippen LogP contribution in [0.15, 0.2) is 24.3 Å². The fourth-order valence-electron chi connectivity index (χ4n) is 2.88. The van der Waals surface area contributed by atoms with Crippen molar-refractivity contribution in [2.45, 2.75) is 83.7 Å². The van der Waals surface area contributed by atoms with Gasteiger partial charge in [0.2, 0.25) is 0 Å². The lowest BCUT2D eigenvalue weighted by atomic mass is 9.88. The van der Waals surface area contributed by atoms with E-state index in [0.29, 0.717) is 5.92 Å². The Hall–Kier alpha value is -0.990. The fourth-order valence-corrected chi connectivity index (χ4v) is 2.88. The summed E-state index contributed by atoms with van der Waals surface area (Å²) >= 11 is 0. The molecule has 0 aliphatic rings. The van der Waals surface area contributed by atoms with Gasteiger partial charge < -0.3 is 0 Å². The number of rotatable bonds is 10. The average Bonchev–Trinajstić information content (AvgIpc) is 2.49. The molecule has 0 aliphatic carbocycles. The summed E-state index contributed by atoms with van der Waals surface area (Å²) in [7, 11) is 0. The second kappa shape index (κ2) is 9.91. The maximum Gasteiger partial charge on any atom is 0.416 e. The molecule has 1 unspecified atom stereocenters. The zero-order valence-electron chi connectivity index (χ0n) is 13.9. The van der Waals surface area contributed by atoms with E-state index in [1.807, 2.05) is 0 Å². The van der Waals surface area contributed by atoms with E-state index < -0.39 is 11.7 Å². The summed E-state index contributed by atoms with van der Waals surface area (Å²) in [5, 5.41) is 0. The summed E-state index contributed by atoms with van der Waals surface area (Å²) in [5.41, 5.74) is 0.523. The first-order valence-corrected chi connectivity index (χ1v) is 8.66. The Kier molecular flexibility index (Phi) is 8.59. The third-order valence-electron chi connectivity index (χ3n) is 4.27. The van der Waals surface area contributed by atoms with Crippen molar-refractivity contribution in [3.05, 3.63) is 35.4 Å². The molecular formula is C19H29F3. The molecule has 0 amide bonds. The Balaban J connectivity index is 2.67. The molecule has 0 aromatic heterocycles. The summed E-state index contributed by atoms with van der Waals surface area (Å²) in [6.45, 7) is 4.36. The number of benzene rings is 1. The maximum absolute atomic E-state index is 12.7. The minimum absolute atomic E-state index is 0.408. The molecule has 1 atom stereocenters. The van der Waals surface area contributed by atoms with Crippen LogP contribution in [0.2, 0.25) is 0 Å². The first kappa shape index (κ1) is 19.1. The van der Waals surface area contributed by atoms with Gasteiger partial charge in [0.1, 0.15) is 0 Å². The van der Waals surface area contributed by atoms with Gasteiger partial charge in [-0.1, -0.05) is 70.9 Å². The van der Waals surface area contributed by atoms with Crippen LogP contribution in [0, 0.1) is 0 Å². The van der Waals surface area contributed by atoms with E-state index in [1.54, 1.807) is 12.1 Å². The van der Waals surface area contributed by atoms with Crippen molar-refractivity contribution < 1.29 is 13.2 Å². The van der Waals surface area contributed by atoms with E-state index in [-0.39, 0.29) is 0 Å². The Labute approximate surface area is 133 Å². The molecule has 3 heteroatoms. The standard InChI is InChI=1S/C19H29F3/c1-3-5-7-9-11-16(10-8-6-4-2)17-12-14-18(15-13-17)19(20,21)22/h12-16H,3-11H2,1-2H3. The molecule has 126 valence electrons. The van der Waals surface area contributed by atoms with Crippen LogP contribution in [-0.2, 0) is 6.18 Å². The predicted molar refractivity (Wildman–Crippen MR) is 87.1 cm³/mol. The Morgan fingerprint density at radius 1 is 0.773 bits per heavy atom. The van der Waals surface area contributed by atoms with Crippen molar-refractivity contribution in [1.82, 2.24) is 0 Å². The van der Waals surface area contributed by atoms with Crippen LogP contribution in [-0.4, -0.2) is 0 Å². The number of hydrogen-bond acceptors (Lipinski definition) is 0. The molecule has 0 heterocycles. The highest BCUT2D eigenvalue weighted by Crippen LogP contribution is 2.33. The lowest BCUT2D eigenvalue weighted by Crippen LogP contribution is -2.06. The van der Waals surface area contributed by atoms with Gasteiger partial charge in [0.25, 0.3) is 0 Å². The quantitative estimate of drug-likeness (QED) is 0.396. The molecule has 0 spiro atoms. The first-order valence-electron chi connectivity index (χ1n) is 8.66. The number of hydrogen-bond donors (Lipinski definition) is 0. The molecule has 22 heavy (non-hydrogen) atoms. The molecule has 0 N–H and O–H groups in total. The van der Waals surface area contributed by atoms with Crippen molar-refractivity contribution in [3.8, 4) is 0 Å². The Morgan fingerprint density at radius 2 is 1.27 bits per heavy atom. The molecule has 1 aromatic carbocycles. The molecule has 1 aromatic rings. The van der Waals surface area contributed by atoms with Crippen molar-refractivity contribution >= 4 is 0 Å². The van der Waals surface area contributed by atoms with Crippen molar-refractivity contribution in [3.63, 3.8) is 0 Å². The van der Waals surface area contributed by atoms with Crippen molar-refractivity contribution in [2.24, 2.45) is 0 Å². The van der Waals surface area contributed by atoms with Crippen LogP contribution in [0.1, 0.15) is 88.7 Å². The van der Waals surface area contributed by atoms with E-state index in [4.69, 9.17) is 0 Å². The molecular weight excluding hydrogens is 285 g/mol. The van der Waals surface area contributed by atoms with Crippen LogP contribution in [0.5, 0.6) is 0 Å². The zero-order valence-corrected chi connectivity index (χ0v) is 13.9. The molecule has 1 rings (SSSR count). The van der Waals surface area contributed by atoms with Gasteiger partial charge in [-0.05, 0) is 36.5 Å². The van der Waals surface area contributed by atoms with Gasteiger partial charge in [-0.3, -0.25) is 0 Å². The van der Waals surface area contributed by atoms with Gasteiger partial charge >= 0.3 is 6.18 Å². The normalized spacial score (nSPS) is 13.3. The highest BCUT2D eigenvalue weighted by molar-refractivity contribution is 5.27. The van der Waals surface area contributed by atoms with Crippen LogP contribution in [0.4, 0.5) is 13.2 Å². The summed E-state index contributed by atoms with van der Waals surface area (Å²) < 4.78 is 38.0. The van der Waals surface area contributed by atoms with Crippen LogP contribution >= 0.6 is 0 Å². The van der Waals surface area contributed by atoms with Crippen LogP contribution in [0.3, 0.4) is 0 Å². The summed E-state index contributed by atoms with van der Waals surface area (Å²) in [5.74, 6) is 0.408. The molecule has 0 fully saturated rings. The van der Waals surface area contributed by atoms with E-state index >= 15 is 0 Å². The SMILES string of the molecule is CCCCCCC(CCCCC)c1ccc(C(F)(F)F)cc1. The Bertz CT molecular complexity index is 392. The maximum atomic E-state index is 12.7. The van der Waals surface area contributed by atoms with Gasteiger partial charge in [-0.15, -0.1) is 0 Å². The summed E-state index contributed by atoms with van der Waals surface area (Å²) in [4.78, 5) is 0. The van der Waals surface area contributed by atoms with E-state index in [9.17, 15) is 13.2 Å². The molecule has 0 saturated carbocycles. The molecule has 0 radical (unpaired) electrons. The van der Waals surface area contributed by atoms with E-state index in [0.717, 1.165) is 24.8 Å². The topological polar surface area (TPSA) is 0 Å². The third kappa shape index (κ3) is 6.85. The van der Waals surface area contributed by atoms with Crippen LogP contribution in [0.25, 0.3) is 0 Å². The largest absolute Gasteiger partial charge is 0.416 e. The van der Waals surface area contributed by atoms with Gasteiger partial charge in [0.05, 0.1) is 5.56 Å². The minimum atomic E-state index is -4.24. The first-order chi connectivity index (χ1) is 10.5. The van der Waals surface area contributed by atoms with Crippen LogP contribution < -0.4 is 0 Å². The van der Waals surface area contributed by atoms with Gasteiger partial charge in [0.15, 0.2) is 0 Å². The third-order valence-corrected chi connectivity index (χ3v) is 4.27. The second-order valence-electron chi connectivity index (χ2n) is 6.16. The number of halogens is 3. The highest BCUT2D eigenvalue weighted by atomic mass is 19.4. The number of alkyl halides is 3. The lowest BCUT2D eigenvalue weighted by Gasteiger charge is -2.18. The summed E-state index contributed by atoms with van der Waals surface area (Å²) in [6, 6.07) is 5.82. The fraction of sp³-hybridized carbons (Fsp3) is 0.684. The zero-order chi connectivity index (χ0) is 16.4. The molecule has 0 nitrogen and oxygen atoms in total. The minimum Gasteiger partial charge on any atom is -0.166 e. The van der Waals surface area contributed by atoms with Gasteiger partial charge in [0, 0.05) is 0 Å². The van der Waals surface area contributed by atoms with E-state index in [1.165, 1.54) is 50.7 Å². The number of unbranched alkanes of at least 4 members (excludes halogenated alkanes) is 5. The lowest BCUT2D eigenvalue weighted by molar-refractivity contribution is -0.137. The molecule has 0 bridgehead atoms. The predicted octanol–water partition coefficient (Wildman–Crippen LogP) is 7.34. The van der Waals surface area contributed by atoms with Gasteiger partial charge in [-0.25, -0.2) is 0 Å². The summed E-state index contributed by atoms with van der Waals surface area (Å²) in [6.07, 6.45) is 6.33. The highest BCUT2D eigenvalue weighted by Gasteiger charge is 2.30. The molecule has 0 aliphatic heterocycles. The molecule has 0 saturated heterocycles. The van der Waals surface area contributed by atoms with Crippen molar-refractivity contribution in [1.29, 1.82) is 0 Å². The van der Waals surface area contributed by atoms with E-state index in [2.05, 4.69) is 13.8 Å². The average molecular weight is 314 g/mol. The van der Waals surface area contributed by atoms with Crippen molar-refractivity contribution in [2.75, 3.05) is 0 Å². The smallest absolute Gasteiger partial charge is 0.166 e. The van der Waals surface area contributed by atoms with Gasteiger partial charge in [-0.2, -0.15) is 13.2 Å². The Morgan fingerprint density at radius 3 is 1.77 bits per heavy atom.